The fourth-order valence-corrected chi connectivity index (χ4v) is 1.36. The summed E-state index contributed by atoms with van der Waals surface area (Å²) in [6, 6.07) is 7.19. The van der Waals surface area contributed by atoms with Gasteiger partial charge in [0, 0.05) is 0 Å². The molecule has 2 amide bonds. The quantitative estimate of drug-likeness (QED) is 0.631. The van der Waals surface area contributed by atoms with Crippen molar-refractivity contribution in [3.8, 4) is 6.07 Å². The molecular formula is C10H7N3O2. The number of hydrogen-bond acceptors (Lipinski definition) is 3. The number of nitrogens with zero attached hydrogens (tertiary/aromatic N) is 1. The van der Waals surface area contributed by atoms with Crippen molar-refractivity contribution < 1.29 is 9.59 Å². The van der Waals surface area contributed by atoms with Crippen LogP contribution in [-0.2, 0) is 4.79 Å². The Morgan fingerprint density at radius 1 is 1.27 bits per heavy atom. The molecule has 15 heavy (non-hydrogen) atoms. The second-order valence-corrected chi connectivity index (χ2v) is 3.07. The number of nitrogens with one attached hydrogen (secondary N) is 2. The van der Waals surface area contributed by atoms with E-state index in [1.165, 1.54) is 0 Å². The standard InChI is InChI=1S/C10H7N3O2/c11-5-8-10(15)12-7-4-2-1-3-6(7)9(14)13-8/h1-4,8H,(H,12,15)(H,13,14). The lowest BCUT2D eigenvalue weighted by Gasteiger charge is -2.04. The Labute approximate surface area is 85.7 Å². The lowest BCUT2D eigenvalue weighted by atomic mass is 10.2. The van der Waals surface area contributed by atoms with Gasteiger partial charge < -0.3 is 10.6 Å². The van der Waals surface area contributed by atoms with E-state index < -0.39 is 17.9 Å². The highest BCUT2D eigenvalue weighted by molar-refractivity contribution is 6.10. The molecule has 1 aliphatic rings. The van der Waals surface area contributed by atoms with Crippen LogP contribution in [0.3, 0.4) is 0 Å². The molecule has 0 saturated carbocycles. The third-order valence-electron chi connectivity index (χ3n) is 2.10. The molecule has 1 heterocycles. The van der Waals surface area contributed by atoms with E-state index in [9.17, 15) is 9.59 Å². The minimum Gasteiger partial charge on any atom is -0.328 e. The monoisotopic (exact) mass is 201 g/mol. The van der Waals surface area contributed by atoms with Crippen molar-refractivity contribution in [2.24, 2.45) is 0 Å². The molecule has 0 bridgehead atoms. The molecule has 1 aromatic rings. The number of rotatable bonds is 0. The van der Waals surface area contributed by atoms with Crippen LogP contribution in [0.1, 0.15) is 10.4 Å². The average Bonchev–Trinajstić information content (AvgIpc) is 2.37. The number of benzene rings is 1. The summed E-state index contributed by atoms with van der Waals surface area (Å²) in [5.74, 6) is -0.939. The van der Waals surface area contributed by atoms with Crippen LogP contribution in [0.25, 0.3) is 0 Å². The fraction of sp³-hybridized carbons (Fsp3) is 0.100. The van der Waals surface area contributed by atoms with Crippen molar-refractivity contribution >= 4 is 17.5 Å². The predicted molar refractivity (Wildman–Crippen MR) is 51.9 cm³/mol. The maximum atomic E-state index is 11.6. The molecule has 0 saturated heterocycles. The molecule has 0 spiro atoms. The molecule has 1 aliphatic heterocycles. The normalized spacial score (nSPS) is 19.3. The van der Waals surface area contributed by atoms with Gasteiger partial charge in [0.25, 0.3) is 11.8 Å². The third-order valence-corrected chi connectivity index (χ3v) is 2.10. The van der Waals surface area contributed by atoms with Gasteiger partial charge in [0.05, 0.1) is 17.3 Å². The molecule has 2 N–H and O–H groups in total. The summed E-state index contributed by atoms with van der Waals surface area (Å²) in [5, 5.41) is 13.5. The number of para-hydroxylation sites is 1. The predicted octanol–water partition coefficient (Wildman–Crippen LogP) is 0.261. The number of anilines is 1. The topological polar surface area (TPSA) is 82.0 Å². The highest BCUT2D eigenvalue weighted by atomic mass is 16.2. The van der Waals surface area contributed by atoms with Crippen molar-refractivity contribution in [2.75, 3.05) is 5.32 Å². The Bertz CT molecular complexity index is 476. The van der Waals surface area contributed by atoms with Crippen molar-refractivity contribution in [1.29, 1.82) is 5.26 Å². The zero-order valence-corrected chi connectivity index (χ0v) is 7.65. The largest absolute Gasteiger partial charge is 0.328 e. The second-order valence-electron chi connectivity index (χ2n) is 3.07. The zero-order chi connectivity index (χ0) is 10.8. The molecule has 0 radical (unpaired) electrons. The van der Waals surface area contributed by atoms with Gasteiger partial charge in [-0.2, -0.15) is 5.26 Å². The Kier molecular flexibility index (Phi) is 2.10. The number of carbonyl (C=O) groups is 2. The number of fused-ring (bicyclic) bond motifs is 1. The molecule has 1 aromatic carbocycles. The van der Waals surface area contributed by atoms with Gasteiger partial charge in [-0.3, -0.25) is 9.59 Å². The first-order chi connectivity index (χ1) is 7.22. The van der Waals surface area contributed by atoms with E-state index in [4.69, 9.17) is 5.26 Å². The van der Waals surface area contributed by atoms with Crippen molar-refractivity contribution in [1.82, 2.24) is 5.32 Å². The Morgan fingerprint density at radius 2 is 2.00 bits per heavy atom. The number of carbonyl (C=O) groups excluding carboxylic acids is 2. The highest BCUT2D eigenvalue weighted by Crippen LogP contribution is 2.17. The number of hydrogen-bond donors (Lipinski definition) is 2. The molecule has 74 valence electrons. The SMILES string of the molecule is N#CC1NC(=O)c2ccccc2NC1=O. The zero-order valence-electron chi connectivity index (χ0n) is 7.65. The molecule has 0 aliphatic carbocycles. The smallest absolute Gasteiger partial charge is 0.261 e. The summed E-state index contributed by atoms with van der Waals surface area (Å²) >= 11 is 0. The van der Waals surface area contributed by atoms with Gasteiger partial charge in [-0.05, 0) is 12.1 Å². The minimum atomic E-state index is -1.13. The molecule has 5 nitrogen and oxygen atoms in total. The van der Waals surface area contributed by atoms with Crippen LogP contribution < -0.4 is 10.6 Å². The Balaban J connectivity index is 2.47. The van der Waals surface area contributed by atoms with Gasteiger partial charge in [-0.15, -0.1) is 0 Å². The summed E-state index contributed by atoms with van der Waals surface area (Å²) < 4.78 is 0. The minimum absolute atomic E-state index is 0.364. The first-order valence-corrected chi connectivity index (χ1v) is 4.33. The van der Waals surface area contributed by atoms with Crippen LogP contribution in [0.5, 0.6) is 0 Å². The van der Waals surface area contributed by atoms with E-state index >= 15 is 0 Å². The maximum Gasteiger partial charge on any atom is 0.261 e. The van der Waals surface area contributed by atoms with Crippen molar-refractivity contribution in [3.63, 3.8) is 0 Å². The molecule has 1 atom stereocenters. The van der Waals surface area contributed by atoms with E-state index in [0.717, 1.165) is 0 Å². The fourth-order valence-electron chi connectivity index (χ4n) is 1.36. The third kappa shape index (κ3) is 1.53. The van der Waals surface area contributed by atoms with E-state index in [1.807, 2.05) is 0 Å². The van der Waals surface area contributed by atoms with Crippen LogP contribution in [0.4, 0.5) is 5.69 Å². The highest BCUT2D eigenvalue weighted by Gasteiger charge is 2.26. The van der Waals surface area contributed by atoms with Gasteiger partial charge >= 0.3 is 0 Å². The van der Waals surface area contributed by atoms with E-state index in [-0.39, 0.29) is 0 Å². The Morgan fingerprint density at radius 3 is 2.73 bits per heavy atom. The van der Waals surface area contributed by atoms with E-state index in [1.54, 1.807) is 30.3 Å². The summed E-state index contributed by atoms with van der Waals surface area (Å²) in [7, 11) is 0. The van der Waals surface area contributed by atoms with Crippen LogP contribution in [0.2, 0.25) is 0 Å². The molecule has 0 aromatic heterocycles. The summed E-state index contributed by atoms with van der Waals surface area (Å²) in [4.78, 5) is 23.0. The first kappa shape index (κ1) is 9.21. The molecule has 5 heteroatoms. The second kappa shape index (κ2) is 3.42. The van der Waals surface area contributed by atoms with Crippen LogP contribution in [0, 0.1) is 11.3 Å². The van der Waals surface area contributed by atoms with Gasteiger partial charge in [-0.25, -0.2) is 0 Å². The molecule has 0 fully saturated rings. The average molecular weight is 201 g/mol. The van der Waals surface area contributed by atoms with Gasteiger partial charge in [0.1, 0.15) is 0 Å². The number of nitriles is 1. The van der Waals surface area contributed by atoms with Gasteiger partial charge in [0.2, 0.25) is 0 Å². The lowest BCUT2D eigenvalue weighted by Crippen LogP contribution is -2.39. The van der Waals surface area contributed by atoms with Gasteiger partial charge in [-0.1, -0.05) is 12.1 Å². The first-order valence-electron chi connectivity index (χ1n) is 4.33. The lowest BCUT2D eigenvalue weighted by molar-refractivity contribution is -0.116. The maximum absolute atomic E-state index is 11.6. The van der Waals surface area contributed by atoms with Crippen molar-refractivity contribution in [2.45, 2.75) is 6.04 Å². The van der Waals surface area contributed by atoms with E-state index in [0.29, 0.717) is 11.3 Å². The molecule has 1 unspecified atom stereocenters. The summed E-state index contributed by atoms with van der Waals surface area (Å²) in [6.07, 6.45) is 0. The van der Waals surface area contributed by atoms with Gasteiger partial charge in [0.15, 0.2) is 6.04 Å². The number of amides is 2. The Hall–Kier alpha value is -2.35. The molecule has 2 rings (SSSR count). The molecular weight excluding hydrogens is 194 g/mol. The van der Waals surface area contributed by atoms with Crippen molar-refractivity contribution in [3.05, 3.63) is 29.8 Å². The van der Waals surface area contributed by atoms with Crippen LogP contribution >= 0.6 is 0 Å². The summed E-state index contributed by atoms with van der Waals surface area (Å²) in [6.45, 7) is 0. The van der Waals surface area contributed by atoms with Crippen LogP contribution in [-0.4, -0.2) is 17.9 Å². The summed E-state index contributed by atoms with van der Waals surface area (Å²) in [5.41, 5.74) is 0.793. The van der Waals surface area contributed by atoms with Crippen LogP contribution in [0.15, 0.2) is 24.3 Å². The van der Waals surface area contributed by atoms with E-state index in [2.05, 4.69) is 10.6 Å².